The van der Waals surface area contributed by atoms with E-state index in [0.29, 0.717) is 10.7 Å². The van der Waals surface area contributed by atoms with Crippen LogP contribution in [-0.2, 0) is 0 Å². The molecule has 104 valence electrons. The van der Waals surface area contributed by atoms with Crippen LogP contribution in [0, 0.1) is 6.92 Å². The highest BCUT2D eigenvalue weighted by Crippen LogP contribution is 2.21. The van der Waals surface area contributed by atoms with E-state index in [4.69, 9.17) is 11.6 Å². The van der Waals surface area contributed by atoms with Crippen molar-refractivity contribution in [2.45, 2.75) is 11.8 Å². The molecule has 5 heteroatoms. The van der Waals surface area contributed by atoms with Crippen LogP contribution in [0.5, 0.6) is 0 Å². The Hall–Kier alpha value is -1.65. The van der Waals surface area contributed by atoms with E-state index >= 15 is 0 Å². The third kappa shape index (κ3) is 3.92. The molecule has 0 aromatic heterocycles. The minimum Gasteiger partial charge on any atom is -0.308 e. The van der Waals surface area contributed by atoms with Gasteiger partial charge in [-0.15, -0.1) is 11.8 Å². The maximum atomic E-state index is 12.0. The highest BCUT2D eigenvalue weighted by atomic mass is 35.5. The molecule has 0 saturated carbocycles. The van der Waals surface area contributed by atoms with Gasteiger partial charge in [-0.1, -0.05) is 23.7 Å². The average Bonchev–Trinajstić information content (AvgIpc) is 2.43. The summed E-state index contributed by atoms with van der Waals surface area (Å²) in [6.07, 6.45) is 1.99. The quantitative estimate of drug-likeness (QED) is 0.782. The fraction of sp³-hybridized carbons (Fsp3) is 0.133. The van der Waals surface area contributed by atoms with Crippen molar-refractivity contribution in [3.63, 3.8) is 0 Å². The highest BCUT2D eigenvalue weighted by Gasteiger charge is 2.06. The van der Waals surface area contributed by atoms with E-state index in [-0.39, 0.29) is 6.03 Å². The number of aryl methyl sites for hydroxylation is 1. The summed E-state index contributed by atoms with van der Waals surface area (Å²) in [6, 6.07) is 12.8. The van der Waals surface area contributed by atoms with Gasteiger partial charge in [0.25, 0.3) is 0 Å². The Morgan fingerprint density at radius 2 is 1.95 bits per heavy atom. The number of carbonyl (C=O) groups excluding carboxylic acids is 1. The largest absolute Gasteiger partial charge is 0.323 e. The molecule has 0 aliphatic rings. The molecule has 0 heterocycles. The Labute approximate surface area is 127 Å². The third-order valence-electron chi connectivity index (χ3n) is 2.78. The summed E-state index contributed by atoms with van der Waals surface area (Å²) >= 11 is 7.55. The van der Waals surface area contributed by atoms with Gasteiger partial charge in [0, 0.05) is 21.3 Å². The number of carbonyl (C=O) groups is 1. The van der Waals surface area contributed by atoms with Crippen molar-refractivity contribution < 1.29 is 4.79 Å². The van der Waals surface area contributed by atoms with Crippen molar-refractivity contribution in [3.05, 3.63) is 53.1 Å². The van der Waals surface area contributed by atoms with E-state index in [1.165, 1.54) is 0 Å². The number of urea groups is 1. The number of hydrogen-bond donors (Lipinski definition) is 2. The molecule has 2 amide bonds. The van der Waals surface area contributed by atoms with Crippen LogP contribution < -0.4 is 10.6 Å². The number of hydrogen-bond acceptors (Lipinski definition) is 2. The van der Waals surface area contributed by atoms with Gasteiger partial charge in [-0.05, 0) is 49.1 Å². The summed E-state index contributed by atoms with van der Waals surface area (Å²) in [5.41, 5.74) is 2.42. The number of rotatable bonds is 3. The normalized spacial score (nSPS) is 10.2. The van der Waals surface area contributed by atoms with Crippen molar-refractivity contribution in [2.75, 3.05) is 16.9 Å². The van der Waals surface area contributed by atoms with Crippen LogP contribution in [0.15, 0.2) is 47.4 Å². The molecular weight excluding hydrogens is 292 g/mol. The van der Waals surface area contributed by atoms with Crippen molar-refractivity contribution in [3.8, 4) is 0 Å². The van der Waals surface area contributed by atoms with Gasteiger partial charge in [0.2, 0.25) is 0 Å². The molecule has 0 saturated heterocycles. The van der Waals surface area contributed by atoms with Gasteiger partial charge in [-0.25, -0.2) is 4.79 Å². The molecule has 2 N–H and O–H groups in total. The standard InChI is InChI=1S/C15H15ClN2OS/c1-10-6-7-11(16)8-14(10)18-15(19)17-12-4-3-5-13(9-12)20-2/h3-9H,1-2H3,(H2,17,18,19). The Balaban J connectivity index is 2.07. The van der Waals surface area contributed by atoms with Crippen LogP contribution >= 0.6 is 23.4 Å². The Kier molecular flexibility index (Phi) is 4.93. The number of thioether (sulfide) groups is 1. The van der Waals surface area contributed by atoms with Crippen molar-refractivity contribution >= 4 is 40.8 Å². The number of anilines is 2. The van der Waals surface area contributed by atoms with Crippen LogP contribution in [0.1, 0.15) is 5.56 Å². The van der Waals surface area contributed by atoms with Crippen LogP contribution in [0.2, 0.25) is 5.02 Å². The average molecular weight is 307 g/mol. The highest BCUT2D eigenvalue weighted by molar-refractivity contribution is 7.98. The van der Waals surface area contributed by atoms with Crippen molar-refractivity contribution in [1.29, 1.82) is 0 Å². The molecule has 0 fully saturated rings. The van der Waals surface area contributed by atoms with Crippen molar-refractivity contribution in [2.24, 2.45) is 0 Å². The van der Waals surface area contributed by atoms with E-state index < -0.39 is 0 Å². The molecule has 0 aliphatic heterocycles. The van der Waals surface area contributed by atoms with Crippen LogP contribution in [0.3, 0.4) is 0 Å². The minimum atomic E-state index is -0.284. The molecule has 0 aliphatic carbocycles. The minimum absolute atomic E-state index is 0.284. The SMILES string of the molecule is CSc1cccc(NC(=O)Nc2cc(Cl)ccc2C)c1. The van der Waals surface area contributed by atoms with Gasteiger partial charge < -0.3 is 10.6 Å². The van der Waals surface area contributed by atoms with Crippen LogP contribution in [0.4, 0.5) is 16.2 Å². The van der Waals surface area contributed by atoms with Gasteiger partial charge in [0.15, 0.2) is 0 Å². The van der Waals surface area contributed by atoms with Crippen LogP contribution in [-0.4, -0.2) is 12.3 Å². The number of nitrogens with one attached hydrogen (secondary N) is 2. The molecule has 20 heavy (non-hydrogen) atoms. The molecule has 3 nitrogen and oxygen atoms in total. The van der Waals surface area contributed by atoms with Gasteiger partial charge in [0.1, 0.15) is 0 Å². The summed E-state index contributed by atoms with van der Waals surface area (Å²) in [7, 11) is 0. The first-order valence-corrected chi connectivity index (χ1v) is 7.67. The second-order valence-electron chi connectivity index (χ2n) is 4.27. The molecule has 2 aromatic carbocycles. The van der Waals surface area contributed by atoms with Crippen LogP contribution in [0.25, 0.3) is 0 Å². The lowest BCUT2D eigenvalue weighted by atomic mass is 10.2. The van der Waals surface area contributed by atoms with E-state index in [9.17, 15) is 4.79 Å². The molecule has 0 bridgehead atoms. The topological polar surface area (TPSA) is 41.1 Å². The molecule has 2 aromatic rings. The molecule has 0 spiro atoms. The number of benzene rings is 2. The van der Waals surface area contributed by atoms with Gasteiger partial charge in [-0.2, -0.15) is 0 Å². The first-order valence-electron chi connectivity index (χ1n) is 6.06. The van der Waals surface area contributed by atoms with Gasteiger partial charge in [-0.3, -0.25) is 0 Å². The second kappa shape index (κ2) is 6.68. The fourth-order valence-electron chi connectivity index (χ4n) is 1.71. The molecule has 0 atom stereocenters. The maximum Gasteiger partial charge on any atom is 0.323 e. The van der Waals surface area contributed by atoms with E-state index in [2.05, 4.69) is 10.6 Å². The third-order valence-corrected chi connectivity index (χ3v) is 3.74. The molecule has 0 unspecified atom stereocenters. The van der Waals surface area contributed by atoms with E-state index in [0.717, 1.165) is 16.1 Å². The lowest BCUT2D eigenvalue weighted by Gasteiger charge is -2.10. The monoisotopic (exact) mass is 306 g/mol. The Morgan fingerprint density at radius 3 is 2.70 bits per heavy atom. The summed E-state index contributed by atoms with van der Waals surface area (Å²) in [4.78, 5) is 13.1. The summed E-state index contributed by atoms with van der Waals surface area (Å²) in [6.45, 7) is 1.92. The van der Waals surface area contributed by atoms with Gasteiger partial charge >= 0.3 is 6.03 Å². The van der Waals surface area contributed by atoms with Gasteiger partial charge in [0.05, 0.1) is 0 Å². The number of amides is 2. The molecular formula is C15H15ClN2OS. The first kappa shape index (κ1) is 14.8. The Bertz CT molecular complexity index is 631. The zero-order valence-electron chi connectivity index (χ0n) is 11.2. The van der Waals surface area contributed by atoms with Crippen molar-refractivity contribution in [1.82, 2.24) is 0 Å². The molecule has 0 radical (unpaired) electrons. The maximum absolute atomic E-state index is 12.0. The van der Waals surface area contributed by atoms with E-state index in [1.807, 2.05) is 43.5 Å². The lowest BCUT2D eigenvalue weighted by Crippen LogP contribution is -2.19. The molecule has 2 rings (SSSR count). The summed E-state index contributed by atoms with van der Waals surface area (Å²) in [5.74, 6) is 0. The smallest absolute Gasteiger partial charge is 0.308 e. The first-order chi connectivity index (χ1) is 9.58. The Morgan fingerprint density at radius 1 is 1.15 bits per heavy atom. The van der Waals surface area contributed by atoms with E-state index in [1.54, 1.807) is 23.9 Å². The predicted molar refractivity (Wildman–Crippen MR) is 87.1 cm³/mol. The number of halogens is 1. The zero-order chi connectivity index (χ0) is 14.5. The summed E-state index contributed by atoms with van der Waals surface area (Å²) < 4.78 is 0. The summed E-state index contributed by atoms with van der Waals surface area (Å²) in [5, 5.41) is 6.19. The predicted octanol–water partition coefficient (Wildman–Crippen LogP) is 5.01. The second-order valence-corrected chi connectivity index (χ2v) is 5.59. The zero-order valence-corrected chi connectivity index (χ0v) is 12.8. The lowest BCUT2D eigenvalue weighted by molar-refractivity contribution is 0.262. The fourth-order valence-corrected chi connectivity index (χ4v) is 2.35.